The summed E-state index contributed by atoms with van der Waals surface area (Å²) in [6.45, 7) is 3.37. The fourth-order valence-electron chi connectivity index (χ4n) is 3.77. The van der Waals surface area contributed by atoms with E-state index in [0.717, 1.165) is 38.8 Å². The zero-order valence-corrected chi connectivity index (χ0v) is 21.7. The number of carbonyl (C=O) groups is 1. The number of hydrogen-bond acceptors (Lipinski definition) is 6. The van der Waals surface area contributed by atoms with Gasteiger partial charge in [-0.15, -0.1) is 0 Å². The van der Waals surface area contributed by atoms with Gasteiger partial charge < -0.3 is 10.6 Å². The van der Waals surface area contributed by atoms with Crippen LogP contribution < -0.4 is 22.8 Å². The van der Waals surface area contributed by atoms with Crippen molar-refractivity contribution in [3.63, 3.8) is 0 Å². The molecule has 1 aliphatic carbocycles. The lowest BCUT2D eigenvalue weighted by molar-refractivity contribution is -0.145. The van der Waals surface area contributed by atoms with Crippen LogP contribution >= 0.6 is 11.6 Å². The number of methoxy groups -OCH3 is 1. The highest BCUT2D eigenvalue weighted by Gasteiger charge is 2.20. The van der Waals surface area contributed by atoms with Gasteiger partial charge in [0.2, 0.25) is 5.62 Å². The molecule has 1 aromatic heterocycles. The van der Waals surface area contributed by atoms with Crippen LogP contribution in [0.3, 0.4) is 0 Å². The van der Waals surface area contributed by atoms with Crippen LogP contribution in [-0.2, 0) is 22.6 Å². The van der Waals surface area contributed by atoms with E-state index in [1.165, 1.54) is 11.7 Å². The molecule has 1 fully saturated rings. The third kappa shape index (κ3) is 6.04. The fraction of sp³-hybridized carbons (Fsp3) is 0.333. The van der Waals surface area contributed by atoms with Crippen molar-refractivity contribution >= 4 is 23.3 Å². The Bertz CT molecular complexity index is 1580. The summed E-state index contributed by atoms with van der Waals surface area (Å²) in [7, 11) is 1.25. The van der Waals surface area contributed by atoms with Crippen LogP contribution in [0, 0.1) is 30.6 Å². The number of hydrogen-bond donors (Lipinski definition) is 1. The van der Waals surface area contributed by atoms with Crippen molar-refractivity contribution in [1.29, 1.82) is 0 Å². The van der Waals surface area contributed by atoms with Crippen LogP contribution in [0.5, 0.6) is 0 Å². The quantitative estimate of drug-likeness (QED) is 0.304. The lowest BCUT2D eigenvalue weighted by atomic mass is 10.1. The van der Waals surface area contributed by atoms with Crippen molar-refractivity contribution in [1.82, 2.24) is 13.8 Å². The molecule has 0 amide bonds. The molecule has 2 aromatic carbocycles. The van der Waals surface area contributed by atoms with Crippen LogP contribution in [0.15, 0.2) is 57.0 Å². The van der Waals surface area contributed by atoms with Crippen molar-refractivity contribution in [3.8, 4) is 11.8 Å². The maximum Gasteiger partial charge on any atom is 0.353 e. The number of halogens is 1. The SMILES string of the molecule is COC(=O)[C@@H](C)Cn1c(=O)n(N)c(=Nc2ccc(C#CC3CC3)c(C)c2)n(Cc2ccc(Cl)cc2)c1=O. The zero-order valence-electron chi connectivity index (χ0n) is 20.9. The van der Waals surface area contributed by atoms with Gasteiger partial charge in [0.25, 0.3) is 0 Å². The van der Waals surface area contributed by atoms with Gasteiger partial charge >= 0.3 is 17.3 Å². The van der Waals surface area contributed by atoms with Gasteiger partial charge in [-0.25, -0.2) is 19.1 Å². The molecule has 0 radical (unpaired) electrons. The van der Waals surface area contributed by atoms with Crippen LogP contribution in [0.25, 0.3) is 0 Å². The molecular formula is C27H28ClN5O4. The first-order chi connectivity index (χ1) is 17.7. The maximum atomic E-state index is 13.5. The first-order valence-electron chi connectivity index (χ1n) is 11.9. The molecular weight excluding hydrogens is 494 g/mol. The van der Waals surface area contributed by atoms with Gasteiger partial charge in [0.1, 0.15) is 0 Å². The maximum absolute atomic E-state index is 13.5. The molecule has 0 saturated heterocycles. The predicted octanol–water partition coefficient (Wildman–Crippen LogP) is 2.34. The summed E-state index contributed by atoms with van der Waals surface area (Å²) in [4.78, 5) is 43.2. The highest BCUT2D eigenvalue weighted by molar-refractivity contribution is 6.30. The topological polar surface area (TPSA) is 114 Å². The lowest BCUT2D eigenvalue weighted by Crippen LogP contribution is -2.58. The van der Waals surface area contributed by atoms with Gasteiger partial charge in [-0.2, -0.15) is 4.68 Å². The molecule has 1 heterocycles. The zero-order chi connectivity index (χ0) is 26.7. The summed E-state index contributed by atoms with van der Waals surface area (Å²) >= 11 is 6.02. The number of aryl methyl sites for hydroxylation is 1. The Morgan fingerprint density at radius 1 is 1.16 bits per heavy atom. The highest BCUT2D eigenvalue weighted by Crippen LogP contribution is 2.28. The number of nitrogen functional groups attached to an aromatic ring is 1. The smallest absolute Gasteiger partial charge is 0.353 e. The first kappa shape index (κ1) is 26.0. The van der Waals surface area contributed by atoms with E-state index in [2.05, 4.69) is 16.8 Å². The van der Waals surface area contributed by atoms with E-state index in [1.807, 2.05) is 19.1 Å². The van der Waals surface area contributed by atoms with Crippen molar-refractivity contribution in [3.05, 3.63) is 90.8 Å². The van der Waals surface area contributed by atoms with E-state index in [0.29, 0.717) is 16.6 Å². The molecule has 1 aliphatic rings. The van der Waals surface area contributed by atoms with E-state index in [9.17, 15) is 14.4 Å². The Morgan fingerprint density at radius 2 is 1.86 bits per heavy atom. The van der Waals surface area contributed by atoms with Gasteiger partial charge in [-0.1, -0.05) is 42.5 Å². The van der Waals surface area contributed by atoms with E-state index < -0.39 is 23.3 Å². The Morgan fingerprint density at radius 3 is 2.49 bits per heavy atom. The predicted molar refractivity (Wildman–Crippen MR) is 141 cm³/mol. The molecule has 37 heavy (non-hydrogen) atoms. The summed E-state index contributed by atoms with van der Waals surface area (Å²) in [6, 6.07) is 12.4. The molecule has 0 spiro atoms. The van der Waals surface area contributed by atoms with Gasteiger partial charge in [-0.3, -0.25) is 9.36 Å². The van der Waals surface area contributed by atoms with Crippen LogP contribution in [0.2, 0.25) is 5.02 Å². The molecule has 2 N–H and O–H groups in total. The third-order valence-corrected chi connectivity index (χ3v) is 6.35. The monoisotopic (exact) mass is 521 g/mol. The van der Waals surface area contributed by atoms with E-state index in [4.69, 9.17) is 22.2 Å². The van der Waals surface area contributed by atoms with Gasteiger partial charge in [0.05, 0.1) is 25.3 Å². The number of carbonyl (C=O) groups excluding carboxylic acids is 1. The van der Waals surface area contributed by atoms with Crippen molar-refractivity contribution < 1.29 is 9.53 Å². The number of rotatable bonds is 6. The van der Waals surface area contributed by atoms with Crippen molar-refractivity contribution in [2.24, 2.45) is 16.8 Å². The average molecular weight is 522 g/mol. The molecule has 10 heteroatoms. The molecule has 4 rings (SSSR count). The summed E-state index contributed by atoms with van der Waals surface area (Å²) < 4.78 is 7.78. The van der Waals surface area contributed by atoms with E-state index >= 15 is 0 Å². The highest BCUT2D eigenvalue weighted by atomic mass is 35.5. The Labute approximate surface area is 218 Å². The second kappa shape index (κ2) is 10.9. The van der Waals surface area contributed by atoms with E-state index in [1.54, 1.807) is 37.3 Å². The molecule has 1 atom stereocenters. The molecule has 0 bridgehead atoms. The summed E-state index contributed by atoms with van der Waals surface area (Å²) in [6.07, 6.45) is 2.29. The lowest BCUT2D eigenvalue weighted by Gasteiger charge is -2.16. The van der Waals surface area contributed by atoms with Crippen molar-refractivity contribution in [2.75, 3.05) is 13.0 Å². The first-order valence-corrected chi connectivity index (χ1v) is 12.3. The van der Waals surface area contributed by atoms with E-state index in [-0.39, 0.29) is 18.7 Å². The largest absolute Gasteiger partial charge is 0.469 e. The fourth-order valence-corrected chi connectivity index (χ4v) is 3.90. The number of nitrogens with zero attached hydrogens (tertiary/aromatic N) is 4. The second-order valence-electron chi connectivity index (χ2n) is 9.14. The average Bonchev–Trinajstić information content (AvgIpc) is 3.72. The summed E-state index contributed by atoms with van der Waals surface area (Å²) in [5.74, 6) is 11.8. The standard InChI is InChI=1S/C27H28ClN5O4/c1-17-14-23(13-10-21(17)9-6-19-4-5-19)30-25-31(16-20-7-11-22(28)12-8-20)26(35)32(27(36)33(25)29)15-18(2)24(34)37-3/h7-8,10-14,18-19H,4-5,15-16,29H2,1-3H3/t18-/m0/s1. The number of esters is 1. The molecule has 1 saturated carbocycles. The number of nitrogens with two attached hydrogens (primary N) is 1. The molecule has 0 aliphatic heterocycles. The van der Waals surface area contributed by atoms with Crippen LogP contribution in [0.4, 0.5) is 5.69 Å². The van der Waals surface area contributed by atoms with Gasteiger partial charge in [0.15, 0.2) is 0 Å². The minimum absolute atomic E-state index is 0.0388. The third-order valence-electron chi connectivity index (χ3n) is 6.10. The summed E-state index contributed by atoms with van der Waals surface area (Å²) in [5, 5.41) is 0.548. The number of benzene rings is 2. The molecule has 3 aromatic rings. The molecule has 9 nitrogen and oxygen atoms in total. The molecule has 0 unspecified atom stereocenters. The Balaban J connectivity index is 1.85. The Kier molecular flexibility index (Phi) is 7.69. The van der Waals surface area contributed by atoms with Crippen LogP contribution in [-0.4, -0.2) is 26.9 Å². The summed E-state index contributed by atoms with van der Waals surface area (Å²) in [5.41, 5.74) is 1.59. The second-order valence-corrected chi connectivity index (χ2v) is 9.57. The Hall–Kier alpha value is -4.03. The normalized spacial score (nSPS) is 14.1. The van der Waals surface area contributed by atoms with Crippen LogP contribution in [0.1, 0.15) is 36.5 Å². The number of aromatic nitrogens is 3. The van der Waals surface area contributed by atoms with Gasteiger partial charge in [0, 0.05) is 23.0 Å². The minimum Gasteiger partial charge on any atom is -0.469 e. The number of ether oxygens (including phenoxy) is 1. The minimum atomic E-state index is -0.796. The van der Waals surface area contributed by atoms with Crippen molar-refractivity contribution in [2.45, 2.75) is 39.8 Å². The molecule has 192 valence electrons. The van der Waals surface area contributed by atoms with Gasteiger partial charge in [-0.05, 0) is 61.2 Å².